The number of carbonyl (C=O) groups excluding carboxylic acids is 2. The highest BCUT2D eigenvalue weighted by Gasteiger charge is 2.24. The third-order valence-electron chi connectivity index (χ3n) is 4.46. The third-order valence-corrected chi connectivity index (χ3v) is 4.46. The van der Waals surface area contributed by atoms with E-state index in [4.69, 9.17) is 0 Å². The van der Waals surface area contributed by atoms with E-state index in [0.717, 1.165) is 25.7 Å². The van der Waals surface area contributed by atoms with Crippen molar-refractivity contribution in [3.05, 3.63) is 35.9 Å². The Morgan fingerprint density at radius 2 is 1.83 bits per heavy atom. The molecular formula is C19H28N2O2. The van der Waals surface area contributed by atoms with Crippen LogP contribution in [0.4, 0.5) is 0 Å². The van der Waals surface area contributed by atoms with E-state index < -0.39 is 6.04 Å². The summed E-state index contributed by atoms with van der Waals surface area (Å²) in [6.45, 7) is 2.09. The number of rotatable bonds is 7. The standard InChI is InChI=1S/C19H28N2O2/c1-2-3-14-17(19(23)20-16-12-8-5-9-13-16)21-18(22)15-10-6-4-7-11-15/h4,6-7,10-11,16-17H,2-3,5,8-9,12-14H2,1H3,(H,20,23)(H,21,22). The van der Waals surface area contributed by atoms with E-state index in [9.17, 15) is 9.59 Å². The van der Waals surface area contributed by atoms with Crippen LogP contribution in [0.1, 0.15) is 68.6 Å². The quantitative estimate of drug-likeness (QED) is 0.810. The Labute approximate surface area is 139 Å². The smallest absolute Gasteiger partial charge is 0.251 e. The van der Waals surface area contributed by atoms with Crippen LogP contribution >= 0.6 is 0 Å². The molecule has 0 heterocycles. The van der Waals surface area contributed by atoms with E-state index in [2.05, 4.69) is 17.6 Å². The van der Waals surface area contributed by atoms with Crippen LogP contribution in [0.3, 0.4) is 0 Å². The molecule has 126 valence electrons. The molecule has 1 aliphatic rings. The molecule has 1 aromatic carbocycles. The van der Waals surface area contributed by atoms with Crippen LogP contribution in [0.2, 0.25) is 0 Å². The minimum absolute atomic E-state index is 0.0327. The van der Waals surface area contributed by atoms with Gasteiger partial charge in [-0.15, -0.1) is 0 Å². The number of unbranched alkanes of at least 4 members (excludes halogenated alkanes) is 1. The summed E-state index contributed by atoms with van der Waals surface area (Å²) in [5.41, 5.74) is 0.597. The lowest BCUT2D eigenvalue weighted by Crippen LogP contribution is -2.50. The van der Waals surface area contributed by atoms with Crippen molar-refractivity contribution in [3.8, 4) is 0 Å². The van der Waals surface area contributed by atoms with Gasteiger partial charge in [0.05, 0.1) is 0 Å². The first-order valence-electron chi connectivity index (χ1n) is 8.87. The summed E-state index contributed by atoms with van der Waals surface area (Å²) in [6, 6.07) is 8.91. The van der Waals surface area contributed by atoms with Gasteiger partial charge in [-0.1, -0.05) is 57.2 Å². The van der Waals surface area contributed by atoms with E-state index in [-0.39, 0.29) is 17.9 Å². The molecule has 1 aliphatic carbocycles. The fourth-order valence-corrected chi connectivity index (χ4v) is 3.06. The van der Waals surface area contributed by atoms with E-state index in [1.165, 1.54) is 19.3 Å². The van der Waals surface area contributed by atoms with Crippen molar-refractivity contribution in [2.75, 3.05) is 0 Å². The molecule has 1 unspecified atom stereocenters. The molecular weight excluding hydrogens is 288 g/mol. The van der Waals surface area contributed by atoms with Crippen LogP contribution in [0.15, 0.2) is 30.3 Å². The second-order valence-corrected chi connectivity index (χ2v) is 6.38. The second-order valence-electron chi connectivity index (χ2n) is 6.38. The number of amides is 2. The zero-order valence-corrected chi connectivity index (χ0v) is 14.0. The van der Waals surface area contributed by atoms with Crippen LogP contribution in [0.5, 0.6) is 0 Å². The number of hydrogen-bond acceptors (Lipinski definition) is 2. The van der Waals surface area contributed by atoms with E-state index in [1.54, 1.807) is 12.1 Å². The summed E-state index contributed by atoms with van der Waals surface area (Å²) in [7, 11) is 0. The average molecular weight is 316 g/mol. The van der Waals surface area contributed by atoms with E-state index in [1.807, 2.05) is 18.2 Å². The lowest BCUT2D eigenvalue weighted by Gasteiger charge is -2.26. The van der Waals surface area contributed by atoms with Crippen LogP contribution in [-0.2, 0) is 4.79 Å². The largest absolute Gasteiger partial charge is 0.352 e. The first-order chi connectivity index (χ1) is 11.2. The number of hydrogen-bond donors (Lipinski definition) is 2. The molecule has 1 fully saturated rings. The molecule has 0 saturated heterocycles. The first kappa shape index (κ1) is 17.5. The maximum atomic E-state index is 12.6. The molecule has 1 atom stereocenters. The van der Waals surface area contributed by atoms with Crippen molar-refractivity contribution in [3.63, 3.8) is 0 Å². The summed E-state index contributed by atoms with van der Waals surface area (Å²) in [6.07, 6.45) is 8.36. The average Bonchev–Trinajstić information content (AvgIpc) is 2.60. The predicted octanol–water partition coefficient (Wildman–Crippen LogP) is 3.42. The van der Waals surface area contributed by atoms with E-state index in [0.29, 0.717) is 12.0 Å². The molecule has 1 saturated carbocycles. The Morgan fingerprint density at radius 1 is 1.13 bits per heavy atom. The maximum absolute atomic E-state index is 12.6. The van der Waals surface area contributed by atoms with Crippen LogP contribution in [0.25, 0.3) is 0 Å². The van der Waals surface area contributed by atoms with Crippen molar-refractivity contribution in [2.24, 2.45) is 0 Å². The van der Waals surface area contributed by atoms with Gasteiger partial charge in [0.25, 0.3) is 5.91 Å². The van der Waals surface area contributed by atoms with Gasteiger partial charge in [0.1, 0.15) is 6.04 Å². The monoisotopic (exact) mass is 316 g/mol. The number of benzene rings is 1. The Kier molecular flexibility index (Phi) is 7.11. The molecule has 0 aromatic heterocycles. The molecule has 1 aromatic rings. The summed E-state index contributed by atoms with van der Waals surface area (Å²) in [5.74, 6) is -0.208. The van der Waals surface area contributed by atoms with Gasteiger partial charge in [-0.25, -0.2) is 0 Å². The van der Waals surface area contributed by atoms with Crippen molar-refractivity contribution in [1.82, 2.24) is 10.6 Å². The van der Waals surface area contributed by atoms with Gasteiger partial charge in [0.2, 0.25) is 5.91 Å². The third kappa shape index (κ3) is 5.70. The minimum atomic E-state index is -0.440. The molecule has 2 N–H and O–H groups in total. The summed E-state index contributed by atoms with van der Waals surface area (Å²) >= 11 is 0. The number of nitrogens with one attached hydrogen (secondary N) is 2. The first-order valence-corrected chi connectivity index (χ1v) is 8.87. The minimum Gasteiger partial charge on any atom is -0.352 e. The van der Waals surface area contributed by atoms with Crippen molar-refractivity contribution < 1.29 is 9.59 Å². The summed E-state index contributed by atoms with van der Waals surface area (Å²) in [5, 5.41) is 6.04. The summed E-state index contributed by atoms with van der Waals surface area (Å²) in [4.78, 5) is 24.9. The highest BCUT2D eigenvalue weighted by molar-refractivity contribution is 5.97. The van der Waals surface area contributed by atoms with E-state index >= 15 is 0 Å². The van der Waals surface area contributed by atoms with Crippen LogP contribution < -0.4 is 10.6 Å². The van der Waals surface area contributed by atoms with Gasteiger partial charge in [-0.05, 0) is 31.4 Å². The normalized spacial score (nSPS) is 16.6. The molecule has 2 rings (SSSR count). The van der Waals surface area contributed by atoms with Gasteiger partial charge in [-0.2, -0.15) is 0 Å². The zero-order chi connectivity index (χ0) is 16.5. The Bertz CT molecular complexity index is 495. The molecule has 23 heavy (non-hydrogen) atoms. The second kappa shape index (κ2) is 9.33. The van der Waals surface area contributed by atoms with Crippen LogP contribution in [0, 0.1) is 0 Å². The maximum Gasteiger partial charge on any atom is 0.251 e. The lowest BCUT2D eigenvalue weighted by molar-refractivity contribution is -0.124. The molecule has 0 radical (unpaired) electrons. The molecule has 0 bridgehead atoms. The van der Waals surface area contributed by atoms with Crippen molar-refractivity contribution in [2.45, 2.75) is 70.4 Å². The molecule has 0 aliphatic heterocycles. The highest BCUT2D eigenvalue weighted by atomic mass is 16.2. The van der Waals surface area contributed by atoms with Gasteiger partial charge in [-0.3, -0.25) is 9.59 Å². The number of carbonyl (C=O) groups is 2. The van der Waals surface area contributed by atoms with Gasteiger partial charge < -0.3 is 10.6 Å². The molecule has 4 nitrogen and oxygen atoms in total. The van der Waals surface area contributed by atoms with Crippen LogP contribution in [-0.4, -0.2) is 23.9 Å². The van der Waals surface area contributed by atoms with Crippen molar-refractivity contribution >= 4 is 11.8 Å². The lowest BCUT2D eigenvalue weighted by atomic mass is 9.95. The Morgan fingerprint density at radius 3 is 2.48 bits per heavy atom. The fraction of sp³-hybridized carbons (Fsp3) is 0.579. The Balaban J connectivity index is 1.94. The molecule has 4 heteroatoms. The topological polar surface area (TPSA) is 58.2 Å². The van der Waals surface area contributed by atoms with Gasteiger partial charge >= 0.3 is 0 Å². The van der Waals surface area contributed by atoms with Crippen molar-refractivity contribution in [1.29, 1.82) is 0 Å². The van der Waals surface area contributed by atoms with Gasteiger partial charge in [0.15, 0.2) is 0 Å². The zero-order valence-electron chi connectivity index (χ0n) is 14.0. The fourth-order valence-electron chi connectivity index (χ4n) is 3.06. The molecule has 0 spiro atoms. The summed E-state index contributed by atoms with van der Waals surface area (Å²) < 4.78 is 0. The SMILES string of the molecule is CCCCC(NC(=O)c1ccccc1)C(=O)NC1CCCCC1. The highest BCUT2D eigenvalue weighted by Crippen LogP contribution is 2.17. The predicted molar refractivity (Wildman–Crippen MR) is 92.2 cm³/mol. The molecule has 2 amide bonds. The Hall–Kier alpha value is -1.84. The van der Waals surface area contributed by atoms with Gasteiger partial charge in [0, 0.05) is 11.6 Å².